The minimum absolute atomic E-state index is 1.03. The number of hydrogen-bond donors (Lipinski definition) is 0. The number of benzene rings is 1. The Morgan fingerprint density at radius 3 is 2.26 bits per heavy atom. The Morgan fingerprint density at radius 1 is 0.778 bits per heavy atom. The lowest BCUT2D eigenvalue weighted by Gasteiger charge is -2.03. The van der Waals surface area contributed by atoms with Crippen LogP contribution in [0.5, 0.6) is 0 Å². The maximum atomic E-state index is 4.62. The molecule has 4 rings (SSSR count). The van der Waals surface area contributed by atoms with E-state index in [-0.39, 0.29) is 0 Å². The van der Waals surface area contributed by atoms with Gasteiger partial charge in [0.2, 0.25) is 0 Å². The van der Waals surface area contributed by atoms with Gasteiger partial charge in [-0.3, -0.25) is 0 Å². The molecule has 0 atom stereocenters. The van der Waals surface area contributed by atoms with Crippen molar-refractivity contribution in [2.24, 2.45) is 0 Å². The van der Waals surface area contributed by atoms with Crippen LogP contribution in [0.25, 0.3) is 31.9 Å². The molecule has 0 aliphatic heterocycles. The summed E-state index contributed by atoms with van der Waals surface area (Å²) in [4.78, 5) is 4.06. The van der Waals surface area contributed by atoms with Crippen molar-refractivity contribution in [2.75, 3.05) is 0 Å². The second-order valence-electron chi connectivity index (χ2n) is 6.88. The Morgan fingerprint density at radius 2 is 1.52 bits per heavy atom. The van der Waals surface area contributed by atoms with Crippen LogP contribution in [-0.2, 0) is 6.42 Å². The van der Waals surface area contributed by atoms with Crippen molar-refractivity contribution < 1.29 is 0 Å². The standard InChI is InChI=1S/C22H24N2S3/c1-2-3-4-5-6-7-9-16-11-14-20(26-16)18-13-12-17(19-10-8-15-25-19)21-22(18)24-27-23-21/h8,10-15H,2-7,9H2,1H3. The Labute approximate surface area is 173 Å². The van der Waals surface area contributed by atoms with Crippen molar-refractivity contribution in [3.8, 4) is 20.9 Å². The molecule has 0 N–H and O–H groups in total. The van der Waals surface area contributed by atoms with Gasteiger partial charge in [-0.25, -0.2) is 0 Å². The van der Waals surface area contributed by atoms with E-state index in [1.54, 1.807) is 11.3 Å². The molecule has 0 saturated carbocycles. The number of aryl methyl sites for hydroxylation is 1. The van der Waals surface area contributed by atoms with Gasteiger partial charge in [0.25, 0.3) is 0 Å². The Hall–Kier alpha value is -1.56. The molecule has 0 radical (unpaired) electrons. The Kier molecular flexibility index (Phi) is 6.32. The van der Waals surface area contributed by atoms with Gasteiger partial charge in [0.15, 0.2) is 0 Å². The Bertz CT molecular complexity index is 982. The smallest absolute Gasteiger partial charge is 0.114 e. The molecular weight excluding hydrogens is 388 g/mol. The molecule has 0 fully saturated rings. The van der Waals surface area contributed by atoms with Crippen molar-refractivity contribution >= 4 is 45.4 Å². The van der Waals surface area contributed by atoms with E-state index in [1.165, 1.54) is 82.4 Å². The molecule has 0 amide bonds. The summed E-state index contributed by atoms with van der Waals surface area (Å²) < 4.78 is 9.22. The summed E-state index contributed by atoms with van der Waals surface area (Å²) in [5, 5.41) is 2.11. The minimum Gasteiger partial charge on any atom is -0.172 e. The Balaban J connectivity index is 1.50. The van der Waals surface area contributed by atoms with E-state index in [2.05, 4.69) is 57.4 Å². The zero-order valence-electron chi connectivity index (χ0n) is 15.6. The maximum absolute atomic E-state index is 4.62. The molecule has 2 nitrogen and oxygen atoms in total. The molecule has 0 spiro atoms. The normalized spacial score (nSPS) is 11.4. The number of thiophene rings is 2. The average Bonchev–Trinajstić information content (AvgIpc) is 3.45. The molecule has 4 aromatic rings. The number of fused-ring (bicyclic) bond motifs is 1. The van der Waals surface area contributed by atoms with Crippen LogP contribution in [0.3, 0.4) is 0 Å². The van der Waals surface area contributed by atoms with Gasteiger partial charge in [0.05, 0.1) is 11.7 Å². The summed E-state index contributed by atoms with van der Waals surface area (Å²) in [6.45, 7) is 2.27. The number of hydrogen-bond acceptors (Lipinski definition) is 5. The first-order valence-electron chi connectivity index (χ1n) is 9.75. The van der Waals surface area contributed by atoms with E-state index < -0.39 is 0 Å². The van der Waals surface area contributed by atoms with Gasteiger partial charge in [-0.05, 0) is 36.4 Å². The molecular formula is C22H24N2S3. The summed E-state index contributed by atoms with van der Waals surface area (Å²) >= 11 is 4.98. The number of unbranched alkanes of at least 4 members (excludes halogenated alkanes) is 5. The van der Waals surface area contributed by atoms with Crippen LogP contribution < -0.4 is 0 Å². The molecule has 0 aliphatic rings. The van der Waals surface area contributed by atoms with E-state index in [9.17, 15) is 0 Å². The second-order valence-corrected chi connectivity index (χ2v) is 9.53. The van der Waals surface area contributed by atoms with Gasteiger partial charge in [0.1, 0.15) is 11.0 Å². The molecule has 3 heterocycles. The van der Waals surface area contributed by atoms with Gasteiger partial charge >= 0.3 is 0 Å². The van der Waals surface area contributed by atoms with Crippen molar-refractivity contribution in [1.82, 2.24) is 8.75 Å². The van der Waals surface area contributed by atoms with E-state index in [4.69, 9.17) is 0 Å². The highest BCUT2D eigenvalue weighted by Crippen LogP contribution is 2.38. The van der Waals surface area contributed by atoms with Crippen LogP contribution in [0, 0.1) is 0 Å². The van der Waals surface area contributed by atoms with E-state index in [0.717, 1.165) is 11.0 Å². The van der Waals surface area contributed by atoms with Crippen molar-refractivity contribution in [2.45, 2.75) is 51.9 Å². The lowest BCUT2D eigenvalue weighted by molar-refractivity contribution is 0.609. The molecule has 1 aromatic carbocycles. The quantitative estimate of drug-likeness (QED) is 0.260. The maximum Gasteiger partial charge on any atom is 0.114 e. The van der Waals surface area contributed by atoms with Gasteiger partial charge in [-0.1, -0.05) is 57.2 Å². The third kappa shape index (κ3) is 4.31. The van der Waals surface area contributed by atoms with Gasteiger partial charge in [-0.2, -0.15) is 8.75 Å². The molecule has 0 saturated heterocycles. The molecule has 5 heteroatoms. The topological polar surface area (TPSA) is 25.8 Å². The fraction of sp³-hybridized carbons (Fsp3) is 0.364. The summed E-state index contributed by atoms with van der Waals surface area (Å²) in [5.41, 5.74) is 4.49. The van der Waals surface area contributed by atoms with Crippen molar-refractivity contribution in [1.29, 1.82) is 0 Å². The predicted octanol–water partition coefficient (Wildman–Crippen LogP) is 8.05. The lowest BCUT2D eigenvalue weighted by atomic mass is 10.1. The van der Waals surface area contributed by atoms with Crippen molar-refractivity contribution in [3.63, 3.8) is 0 Å². The van der Waals surface area contributed by atoms with Crippen LogP contribution in [0.15, 0.2) is 41.8 Å². The molecule has 0 aliphatic carbocycles. The first-order valence-corrected chi connectivity index (χ1v) is 12.2. The van der Waals surface area contributed by atoms with E-state index in [1.807, 2.05) is 11.3 Å². The zero-order chi connectivity index (χ0) is 18.5. The monoisotopic (exact) mass is 412 g/mol. The molecule has 0 unspecified atom stereocenters. The number of rotatable bonds is 9. The third-order valence-corrected chi connectivity index (χ3v) is 7.52. The number of nitrogens with zero attached hydrogens (tertiary/aromatic N) is 2. The van der Waals surface area contributed by atoms with Crippen LogP contribution in [-0.4, -0.2) is 8.75 Å². The average molecular weight is 413 g/mol. The van der Waals surface area contributed by atoms with E-state index >= 15 is 0 Å². The molecule has 3 aromatic heterocycles. The van der Waals surface area contributed by atoms with Crippen LogP contribution in [0.4, 0.5) is 0 Å². The molecule has 140 valence electrons. The summed E-state index contributed by atoms with van der Waals surface area (Å²) in [7, 11) is 0. The van der Waals surface area contributed by atoms with Gasteiger partial charge < -0.3 is 0 Å². The lowest BCUT2D eigenvalue weighted by Crippen LogP contribution is -1.83. The largest absolute Gasteiger partial charge is 0.172 e. The highest BCUT2D eigenvalue weighted by Gasteiger charge is 2.15. The third-order valence-electron chi connectivity index (χ3n) is 4.91. The van der Waals surface area contributed by atoms with Crippen LogP contribution in [0.1, 0.15) is 50.3 Å². The predicted molar refractivity (Wildman–Crippen MR) is 121 cm³/mol. The van der Waals surface area contributed by atoms with Crippen LogP contribution in [0.2, 0.25) is 0 Å². The second kappa shape index (κ2) is 9.09. The van der Waals surface area contributed by atoms with Crippen molar-refractivity contribution in [3.05, 3.63) is 46.7 Å². The summed E-state index contributed by atoms with van der Waals surface area (Å²) in [6, 6.07) is 13.2. The summed E-state index contributed by atoms with van der Waals surface area (Å²) in [5.74, 6) is 0. The van der Waals surface area contributed by atoms with Gasteiger partial charge in [-0.15, -0.1) is 22.7 Å². The first-order chi connectivity index (χ1) is 13.4. The van der Waals surface area contributed by atoms with E-state index in [0.29, 0.717) is 0 Å². The highest BCUT2D eigenvalue weighted by atomic mass is 32.1. The fourth-order valence-electron chi connectivity index (χ4n) is 3.43. The fourth-order valence-corrected chi connectivity index (χ4v) is 5.83. The number of aromatic nitrogens is 2. The minimum atomic E-state index is 1.03. The zero-order valence-corrected chi connectivity index (χ0v) is 18.1. The molecule has 27 heavy (non-hydrogen) atoms. The highest BCUT2D eigenvalue weighted by molar-refractivity contribution is 7.15. The molecule has 0 bridgehead atoms. The van der Waals surface area contributed by atoms with Crippen LogP contribution >= 0.6 is 34.4 Å². The first kappa shape index (κ1) is 18.8. The SMILES string of the molecule is CCCCCCCCc1ccc(-c2ccc(-c3cccs3)c3nsnc23)s1. The van der Waals surface area contributed by atoms with Gasteiger partial charge in [0, 0.05) is 25.8 Å². The summed E-state index contributed by atoms with van der Waals surface area (Å²) in [6.07, 6.45) is 9.31.